The summed E-state index contributed by atoms with van der Waals surface area (Å²) in [5, 5.41) is 15.6. The van der Waals surface area contributed by atoms with Gasteiger partial charge in [-0.05, 0) is 18.5 Å². The lowest BCUT2D eigenvalue weighted by molar-refractivity contribution is -0.380. The first-order valence-electron chi connectivity index (χ1n) is 4.65. The monoisotopic (exact) mass is 230 g/mol. The number of nitrogens with one attached hydrogen (secondary N) is 1. The molecule has 0 bridgehead atoms. The van der Waals surface area contributed by atoms with Crippen molar-refractivity contribution < 1.29 is 9.66 Å². The second-order valence-electron chi connectivity index (χ2n) is 3.04. The van der Waals surface area contributed by atoms with E-state index in [0.29, 0.717) is 6.61 Å². The van der Waals surface area contributed by atoms with E-state index in [2.05, 4.69) is 5.32 Å². The van der Waals surface area contributed by atoms with Crippen LogP contribution in [0.5, 0.6) is 0 Å². The van der Waals surface area contributed by atoms with Crippen LogP contribution in [0.3, 0.4) is 0 Å². The van der Waals surface area contributed by atoms with Crippen LogP contribution in [0.25, 0.3) is 0 Å². The first-order valence-corrected chi connectivity index (χ1v) is 5.53. The first kappa shape index (κ1) is 12.1. The van der Waals surface area contributed by atoms with Gasteiger partial charge in [-0.1, -0.05) is 11.3 Å². The number of methoxy groups -OCH3 is 1. The molecule has 0 saturated carbocycles. The minimum absolute atomic E-state index is 0.210. The Balaban J connectivity index is 2.23. The van der Waals surface area contributed by atoms with Crippen molar-refractivity contribution in [3.63, 3.8) is 0 Å². The van der Waals surface area contributed by atoms with Gasteiger partial charge in [0.15, 0.2) is 0 Å². The van der Waals surface area contributed by atoms with E-state index in [1.807, 2.05) is 5.38 Å². The molecule has 0 aromatic carbocycles. The quantitative estimate of drug-likeness (QED) is 0.437. The van der Waals surface area contributed by atoms with E-state index < -0.39 is 0 Å². The van der Waals surface area contributed by atoms with E-state index >= 15 is 0 Å². The Morgan fingerprint density at radius 1 is 1.60 bits per heavy atom. The number of thiophene rings is 1. The van der Waals surface area contributed by atoms with Crippen molar-refractivity contribution in [2.24, 2.45) is 0 Å². The number of hydrogen-bond donors (Lipinski definition) is 1. The Morgan fingerprint density at radius 3 is 3.00 bits per heavy atom. The van der Waals surface area contributed by atoms with E-state index in [1.54, 1.807) is 13.2 Å². The Labute approximate surface area is 92.2 Å². The third-order valence-electron chi connectivity index (χ3n) is 1.89. The minimum atomic E-state index is -0.355. The minimum Gasteiger partial charge on any atom is -0.383 e. The van der Waals surface area contributed by atoms with E-state index in [9.17, 15) is 10.1 Å². The summed E-state index contributed by atoms with van der Waals surface area (Å²) in [6.07, 6.45) is 0.814. The van der Waals surface area contributed by atoms with Crippen molar-refractivity contribution in [2.75, 3.05) is 26.8 Å². The summed E-state index contributed by atoms with van der Waals surface area (Å²) in [4.78, 5) is 10.1. The zero-order valence-electron chi connectivity index (χ0n) is 8.56. The molecule has 1 rings (SSSR count). The number of rotatable bonds is 7. The molecule has 0 aliphatic rings. The predicted octanol–water partition coefficient (Wildman–Crippen LogP) is 1.43. The molecule has 0 saturated heterocycles. The summed E-state index contributed by atoms with van der Waals surface area (Å²) in [5.74, 6) is 0. The van der Waals surface area contributed by atoms with E-state index in [-0.39, 0.29) is 9.92 Å². The third kappa shape index (κ3) is 4.37. The molecule has 0 aliphatic heterocycles. The topological polar surface area (TPSA) is 64.4 Å². The van der Waals surface area contributed by atoms with E-state index in [0.717, 1.165) is 25.1 Å². The Hall–Kier alpha value is -0.980. The van der Waals surface area contributed by atoms with Gasteiger partial charge in [-0.2, -0.15) is 0 Å². The fraction of sp³-hybridized carbons (Fsp3) is 0.556. The average molecular weight is 230 g/mol. The van der Waals surface area contributed by atoms with E-state index in [4.69, 9.17) is 4.74 Å². The van der Waals surface area contributed by atoms with Crippen LogP contribution in [-0.4, -0.2) is 31.7 Å². The second-order valence-corrected chi connectivity index (χ2v) is 3.93. The molecular weight excluding hydrogens is 216 g/mol. The molecule has 5 nitrogen and oxygen atoms in total. The molecular formula is C9H14N2O3S. The van der Waals surface area contributed by atoms with Crippen LogP contribution in [0, 0.1) is 10.1 Å². The van der Waals surface area contributed by atoms with Crippen molar-refractivity contribution >= 4 is 16.3 Å². The van der Waals surface area contributed by atoms with Gasteiger partial charge in [0.1, 0.15) is 0 Å². The van der Waals surface area contributed by atoms with Gasteiger partial charge in [-0.25, -0.2) is 0 Å². The van der Waals surface area contributed by atoms with E-state index in [1.165, 1.54) is 11.3 Å². The van der Waals surface area contributed by atoms with Gasteiger partial charge < -0.3 is 10.1 Å². The number of hydrogen-bond acceptors (Lipinski definition) is 5. The van der Waals surface area contributed by atoms with Crippen LogP contribution < -0.4 is 5.32 Å². The molecule has 0 unspecified atom stereocenters. The summed E-state index contributed by atoms with van der Waals surface area (Å²) < 4.78 is 4.88. The fourth-order valence-electron chi connectivity index (χ4n) is 1.12. The highest BCUT2D eigenvalue weighted by molar-refractivity contribution is 7.13. The summed E-state index contributed by atoms with van der Waals surface area (Å²) >= 11 is 1.17. The van der Waals surface area contributed by atoms with Crippen molar-refractivity contribution in [2.45, 2.75) is 6.42 Å². The van der Waals surface area contributed by atoms with Gasteiger partial charge in [0, 0.05) is 25.1 Å². The standard InChI is InChI=1S/C9H14N2O3S/c1-14-5-4-10-3-2-8-6-9(11(12)13)15-7-8/h6-7,10H,2-5H2,1H3. The van der Waals surface area contributed by atoms with Crippen molar-refractivity contribution in [3.8, 4) is 0 Å². The van der Waals surface area contributed by atoms with Gasteiger partial charge in [-0.3, -0.25) is 10.1 Å². The summed E-state index contributed by atoms with van der Waals surface area (Å²) in [7, 11) is 1.66. The van der Waals surface area contributed by atoms with Crippen LogP contribution in [0.15, 0.2) is 11.4 Å². The highest BCUT2D eigenvalue weighted by atomic mass is 32.1. The smallest absolute Gasteiger partial charge is 0.324 e. The summed E-state index contributed by atoms with van der Waals surface area (Å²) in [5.41, 5.74) is 1.01. The zero-order valence-corrected chi connectivity index (χ0v) is 9.38. The molecule has 15 heavy (non-hydrogen) atoms. The molecule has 84 valence electrons. The Bertz CT molecular complexity index is 314. The second kappa shape index (κ2) is 6.49. The van der Waals surface area contributed by atoms with Gasteiger partial charge in [0.2, 0.25) is 0 Å². The maximum Gasteiger partial charge on any atom is 0.324 e. The number of nitro groups is 1. The SMILES string of the molecule is COCCNCCc1csc([N+](=O)[O-])c1. The highest BCUT2D eigenvalue weighted by Gasteiger charge is 2.08. The van der Waals surface area contributed by atoms with Gasteiger partial charge in [0.25, 0.3) is 0 Å². The van der Waals surface area contributed by atoms with Gasteiger partial charge in [-0.15, -0.1) is 0 Å². The molecule has 1 heterocycles. The number of ether oxygens (including phenoxy) is 1. The fourth-order valence-corrected chi connectivity index (χ4v) is 1.88. The molecule has 1 N–H and O–H groups in total. The van der Waals surface area contributed by atoms with Gasteiger partial charge in [0.05, 0.1) is 11.5 Å². The lowest BCUT2D eigenvalue weighted by Gasteiger charge is -2.01. The lowest BCUT2D eigenvalue weighted by Crippen LogP contribution is -2.21. The zero-order chi connectivity index (χ0) is 11.1. The molecule has 0 fully saturated rings. The molecule has 6 heteroatoms. The molecule has 1 aromatic heterocycles. The van der Waals surface area contributed by atoms with Crippen molar-refractivity contribution in [1.29, 1.82) is 0 Å². The third-order valence-corrected chi connectivity index (χ3v) is 2.82. The molecule has 0 radical (unpaired) electrons. The molecule has 0 amide bonds. The first-order chi connectivity index (χ1) is 7.24. The summed E-state index contributed by atoms with van der Waals surface area (Å²) in [6, 6.07) is 1.63. The van der Waals surface area contributed by atoms with Crippen LogP contribution in [0.4, 0.5) is 5.00 Å². The maximum absolute atomic E-state index is 10.4. The van der Waals surface area contributed by atoms with Gasteiger partial charge >= 0.3 is 5.00 Å². The normalized spacial score (nSPS) is 10.5. The van der Waals surface area contributed by atoms with Crippen molar-refractivity contribution in [3.05, 3.63) is 27.1 Å². The van der Waals surface area contributed by atoms with Crippen LogP contribution in [-0.2, 0) is 11.2 Å². The molecule has 1 aromatic rings. The Kier molecular flexibility index (Phi) is 5.23. The number of nitrogens with zero attached hydrogens (tertiary/aromatic N) is 1. The average Bonchev–Trinajstić information content (AvgIpc) is 2.66. The maximum atomic E-state index is 10.4. The predicted molar refractivity (Wildman–Crippen MR) is 59.4 cm³/mol. The Morgan fingerprint density at radius 2 is 2.40 bits per heavy atom. The molecule has 0 spiro atoms. The van der Waals surface area contributed by atoms with Crippen molar-refractivity contribution in [1.82, 2.24) is 5.32 Å². The van der Waals surface area contributed by atoms with Crippen LogP contribution in [0.2, 0.25) is 0 Å². The lowest BCUT2D eigenvalue weighted by atomic mass is 10.2. The molecule has 0 aliphatic carbocycles. The molecule has 0 atom stereocenters. The van der Waals surface area contributed by atoms with Crippen LogP contribution in [0.1, 0.15) is 5.56 Å². The largest absolute Gasteiger partial charge is 0.383 e. The summed E-state index contributed by atoms with van der Waals surface area (Å²) in [6.45, 7) is 2.31. The van der Waals surface area contributed by atoms with Crippen LogP contribution >= 0.6 is 11.3 Å². The highest BCUT2D eigenvalue weighted by Crippen LogP contribution is 2.22.